The SMILES string of the molecule is CC(=O)OC[C@H]1O[C@@H](n2cnc3c(NCc4ccc(Cl)cc4)nc(I)nc32)[C@H](OC(C)=O)[C@@H]1OC(C)=O. The Labute approximate surface area is 230 Å². The maximum atomic E-state index is 12.0. The summed E-state index contributed by atoms with van der Waals surface area (Å²) >= 11 is 7.96. The molecule has 0 aliphatic carbocycles. The number of ether oxygens (including phenoxy) is 4. The molecule has 3 aromatic rings. The van der Waals surface area contributed by atoms with Crippen LogP contribution in [0.15, 0.2) is 30.6 Å². The monoisotopic (exact) mass is 643 g/mol. The first-order chi connectivity index (χ1) is 17.6. The molecule has 1 N–H and O–H groups in total. The normalized spacial score (nSPS) is 21.0. The maximum Gasteiger partial charge on any atom is 0.303 e. The number of aromatic nitrogens is 4. The third-order valence-corrected chi connectivity index (χ3v) is 6.12. The van der Waals surface area contributed by atoms with Crippen LogP contribution < -0.4 is 5.32 Å². The third kappa shape index (κ3) is 6.45. The average Bonchev–Trinajstić information content (AvgIpc) is 3.38. The number of benzene rings is 1. The summed E-state index contributed by atoms with van der Waals surface area (Å²) in [6.45, 7) is 3.95. The van der Waals surface area contributed by atoms with E-state index in [0.29, 0.717) is 32.4 Å². The number of halogens is 2. The molecule has 0 spiro atoms. The van der Waals surface area contributed by atoms with Crippen molar-refractivity contribution in [1.29, 1.82) is 0 Å². The number of esters is 3. The van der Waals surface area contributed by atoms with Crippen LogP contribution in [0.2, 0.25) is 5.02 Å². The van der Waals surface area contributed by atoms with Crippen molar-refractivity contribution >= 4 is 69.1 Å². The Hall–Kier alpha value is -3.04. The average molecular weight is 644 g/mol. The molecule has 0 amide bonds. The maximum absolute atomic E-state index is 12.0. The fourth-order valence-electron chi connectivity index (χ4n) is 3.90. The molecule has 1 fully saturated rings. The number of carbonyl (C=O) groups is 3. The van der Waals surface area contributed by atoms with Crippen molar-refractivity contribution in [2.75, 3.05) is 11.9 Å². The topological polar surface area (TPSA) is 144 Å². The predicted octanol–water partition coefficient (Wildman–Crippen LogP) is 3.02. The van der Waals surface area contributed by atoms with Gasteiger partial charge in [0.15, 0.2) is 39.2 Å². The van der Waals surface area contributed by atoms with Crippen molar-refractivity contribution in [2.45, 2.75) is 51.9 Å². The summed E-state index contributed by atoms with van der Waals surface area (Å²) in [4.78, 5) is 48.7. The fraction of sp³-hybridized carbons (Fsp3) is 0.391. The standard InChI is InChI=1S/C23H23ClIN5O7/c1-11(31)34-9-16-18(35-12(2)32)19(36-13(3)33)22(37-16)30-10-27-17-20(28-23(25)29-21(17)30)26-8-14-4-6-15(24)7-5-14/h4-7,10,16,18-19,22H,8-9H2,1-3H3,(H,26,28,29)/t16-,18-,19-,22-/m1/s1. The molecule has 2 aromatic heterocycles. The summed E-state index contributed by atoms with van der Waals surface area (Å²) in [5, 5.41) is 3.90. The molecule has 1 aliphatic rings. The molecule has 1 aromatic carbocycles. The van der Waals surface area contributed by atoms with Gasteiger partial charge in [-0.1, -0.05) is 23.7 Å². The fourth-order valence-corrected chi connectivity index (χ4v) is 4.50. The summed E-state index contributed by atoms with van der Waals surface area (Å²) < 4.78 is 24.2. The molecule has 4 rings (SSSR count). The van der Waals surface area contributed by atoms with Gasteiger partial charge in [0.2, 0.25) is 0 Å². The lowest BCUT2D eigenvalue weighted by atomic mass is 10.1. The quantitative estimate of drug-likeness (QED) is 0.167. The molecular weight excluding hydrogens is 621 g/mol. The second kappa shape index (κ2) is 11.6. The van der Waals surface area contributed by atoms with Crippen molar-refractivity contribution in [3.05, 3.63) is 45.0 Å². The zero-order valence-electron chi connectivity index (χ0n) is 20.0. The number of anilines is 1. The van der Waals surface area contributed by atoms with Crippen molar-refractivity contribution in [2.24, 2.45) is 0 Å². The summed E-state index contributed by atoms with van der Waals surface area (Å²) in [6, 6.07) is 7.38. The van der Waals surface area contributed by atoms with Gasteiger partial charge in [0.25, 0.3) is 0 Å². The number of nitrogens with one attached hydrogen (secondary N) is 1. The van der Waals surface area contributed by atoms with Gasteiger partial charge in [0.05, 0.1) is 6.33 Å². The second-order valence-electron chi connectivity index (χ2n) is 8.16. The molecule has 0 bridgehead atoms. The highest BCUT2D eigenvalue weighted by Crippen LogP contribution is 2.36. The Morgan fingerprint density at radius 2 is 1.73 bits per heavy atom. The molecule has 1 saturated heterocycles. The van der Waals surface area contributed by atoms with Crippen molar-refractivity contribution in [3.63, 3.8) is 0 Å². The van der Waals surface area contributed by atoms with Gasteiger partial charge >= 0.3 is 17.9 Å². The minimum absolute atomic E-state index is 0.214. The molecule has 3 heterocycles. The van der Waals surface area contributed by atoms with E-state index in [1.54, 1.807) is 16.7 Å². The highest BCUT2D eigenvalue weighted by Gasteiger charge is 2.51. The van der Waals surface area contributed by atoms with E-state index < -0.39 is 42.4 Å². The second-order valence-corrected chi connectivity index (χ2v) is 9.56. The summed E-state index contributed by atoms with van der Waals surface area (Å²) in [5.74, 6) is -1.27. The Bertz CT molecular complexity index is 1320. The molecular formula is C23H23ClIN5O7. The Balaban J connectivity index is 1.68. The van der Waals surface area contributed by atoms with Gasteiger partial charge in [0, 0.05) is 54.9 Å². The molecule has 12 nitrogen and oxygen atoms in total. The Morgan fingerprint density at radius 1 is 1.05 bits per heavy atom. The smallest absolute Gasteiger partial charge is 0.303 e. The van der Waals surface area contributed by atoms with Gasteiger partial charge in [-0.3, -0.25) is 19.0 Å². The van der Waals surface area contributed by atoms with Crippen LogP contribution in [0.25, 0.3) is 11.2 Å². The number of carbonyl (C=O) groups excluding carboxylic acids is 3. The van der Waals surface area contributed by atoms with Crippen LogP contribution in [0.3, 0.4) is 0 Å². The van der Waals surface area contributed by atoms with E-state index in [2.05, 4.69) is 20.3 Å². The van der Waals surface area contributed by atoms with E-state index in [4.69, 9.17) is 30.5 Å². The molecule has 1 aliphatic heterocycles. The number of hydrogen-bond donors (Lipinski definition) is 1. The van der Waals surface area contributed by atoms with Crippen LogP contribution in [-0.4, -0.2) is 62.3 Å². The number of rotatable bonds is 8. The minimum Gasteiger partial charge on any atom is -0.463 e. The van der Waals surface area contributed by atoms with E-state index in [-0.39, 0.29) is 6.61 Å². The largest absolute Gasteiger partial charge is 0.463 e. The summed E-state index contributed by atoms with van der Waals surface area (Å²) in [5.41, 5.74) is 1.83. The molecule has 196 valence electrons. The number of nitrogens with zero attached hydrogens (tertiary/aromatic N) is 4. The summed E-state index contributed by atoms with van der Waals surface area (Å²) in [7, 11) is 0. The van der Waals surface area contributed by atoms with E-state index in [9.17, 15) is 14.4 Å². The first-order valence-electron chi connectivity index (χ1n) is 11.1. The van der Waals surface area contributed by atoms with Crippen LogP contribution in [0, 0.1) is 3.83 Å². The predicted molar refractivity (Wildman–Crippen MR) is 138 cm³/mol. The van der Waals surface area contributed by atoms with E-state index in [1.165, 1.54) is 27.1 Å². The first-order valence-corrected chi connectivity index (χ1v) is 12.6. The van der Waals surface area contributed by atoms with Crippen molar-refractivity contribution in [3.8, 4) is 0 Å². The van der Waals surface area contributed by atoms with Gasteiger partial charge in [0.1, 0.15) is 12.7 Å². The van der Waals surface area contributed by atoms with Gasteiger partial charge in [-0.2, -0.15) is 0 Å². The highest BCUT2D eigenvalue weighted by molar-refractivity contribution is 14.1. The van der Waals surface area contributed by atoms with Crippen LogP contribution in [0.1, 0.15) is 32.6 Å². The molecule has 14 heteroatoms. The van der Waals surface area contributed by atoms with Crippen LogP contribution in [-0.2, 0) is 39.9 Å². The lowest BCUT2D eigenvalue weighted by molar-refractivity contribution is -0.166. The highest BCUT2D eigenvalue weighted by atomic mass is 127. The van der Waals surface area contributed by atoms with E-state index in [0.717, 1.165) is 5.56 Å². The van der Waals surface area contributed by atoms with Gasteiger partial charge in [-0.15, -0.1) is 0 Å². The number of hydrogen-bond acceptors (Lipinski definition) is 11. The van der Waals surface area contributed by atoms with Crippen molar-refractivity contribution < 1.29 is 33.3 Å². The van der Waals surface area contributed by atoms with Crippen LogP contribution in [0.4, 0.5) is 5.82 Å². The number of fused-ring (bicyclic) bond motifs is 1. The van der Waals surface area contributed by atoms with Crippen LogP contribution >= 0.6 is 34.2 Å². The molecule has 0 radical (unpaired) electrons. The minimum atomic E-state index is -1.06. The third-order valence-electron chi connectivity index (χ3n) is 5.38. The molecule has 4 atom stereocenters. The van der Waals surface area contributed by atoms with E-state index in [1.807, 2.05) is 34.7 Å². The Morgan fingerprint density at radius 3 is 2.38 bits per heavy atom. The zero-order valence-corrected chi connectivity index (χ0v) is 22.9. The Kier molecular flexibility index (Phi) is 8.44. The van der Waals surface area contributed by atoms with Gasteiger partial charge in [-0.05, 0) is 17.7 Å². The molecule has 0 unspecified atom stereocenters. The lowest BCUT2D eigenvalue weighted by Crippen LogP contribution is -2.40. The number of imidazole rings is 1. The zero-order chi connectivity index (χ0) is 26.7. The molecule has 0 saturated carbocycles. The van der Waals surface area contributed by atoms with Crippen LogP contribution in [0.5, 0.6) is 0 Å². The summed E-state index contributed by atoms with van der Waals surface area (Å²) in [6.07, 6.45) is -2.50. The van der Waals surface area contributed by atoms with E-state index >= 15 is 0 Å². The van der Waals surface area contributed by atoms with Crippen molar-refractivity contribution in [1.82, 2.24) is 19.5 Å². The first kappa shape index (κ1) is 27.0. The van der Waals surface area contributed by atoms with Gasteiger partial charge < -0.3 is 24.3 Å². The lowest BCUT2D eigenvalue weighted by Gasteiger charge is -2.23. The van der Waals surface area contributed by atoms with Gasteiger partial charge in [-0.25, -0.2) is 15.0 Å². The molecule has 37 heavy (non-hydrogen) atoms.